The normalized spacial score (nSPS) is 10.2. The van der Waals surface area contributed by atoms with Crippen LogP contribution in [0.2, 0.25) is 0 Å². The van der Waals surface area contributed by atoms with Gasteiger partial charge in [0.05, 0.1) is 18.7 Å². The Balaban J connectivity index is 2.43. The van der Waals surface area contributed by atoms with Crippen molar-refractivity contribution in [1.82, 2.24) is 0 Å². The first kappa shape index (κ1) is 13.3. The van der Waals surface area contributed by atoms with Crippen molar-refractivity contribution < 1.29 is 18.9 Å². The van der Waals surface area contributed by atoms with Crippen LogP contribution < -0.4 is 4.74 Å². The van der Waals surface area contributed by atoms with Crippen molar-refractivity contribution in [1.29, 1.82) is 0 Å². The van der Waals surface area contributed by atoms with Crippen LogP contribution in [0.3, 0.4) is 0 Å². The summed E-state index contributed by atoms with van der Waals surface area (Å²) in [5.74, 6) is -0.695. The number of rotatable bonds is 4. The van der Waals surface area contributed by atoms with Crippen molar-refractivity contribution in [3.63, 3.8) is 0 Å². The molecule has 1 heterocycles. The van der Waals surface area contributed by atoms with Crippen LogP contribution in [0.1, 0.15) is 16.1 Å². The number of halogens is 1. The number of ketones is 1. The molecule has 0 atom stereocenters. The zero-order valence-electron chi connectivity index (χ0n) is 9.75. The minimum atomic E-state index is -0.699. The summed E-state index contributed by atoms with van der Waals surface area (Å²) in [4.78, 5) is 22.0. The standard InChI is InChI=1S/C12H8BrNO5/c1-18-9-3-2-7(13)6-8(9)12(15)10-4-5-11(19-10)14(16)17/h2-6H,1H3. The second-order valence-electron chi connectivity index (χ2n) is 3.57. The molecule has 19 heavy (non-hydrogen) atoms. The highest BCUT2D eigenvalue weighted by atomic mass is 79.9. The average Bonchev–Trinajstić information content (AvgIpc) is 2.87. The van der Waals surface area contributed by atoms with E-state index >= 15 is 0 Å². The Bertz CT molecular complexity index is 649. The van der Waals surface area contributed by atoms with Crippen molar-refractivity contribution in [3.8, 4) is 5.75 Å². The fraction of sp³-hybridized carbons (Fsp3) is 0.0833. The summed E-state index contributed by atoms with van der Waals surface area (Å²) < 4.78 is 10.7. The number of carbonyl (C=O) groups is 1. The number of methoxy groups -OCH3 is 1. The minimum Gasteiger partial charge on any atom is -0.496 e. The summed E-state index contributed by atoms with van der Waals surface area (Å²) in [6.45, 7) is 0. The molecule has 0 N–H and O–H groups in total. The van der Waals surface area contributed by atoms with Crippen molar-refractivity contribution in [2.45, 2.75) is 0 Å². The average molecular weight is 326 g/mol. The molecule has 0 radical (unpaired) electrons. The second kappa shape index (κ2) is 5.23. The summed E-state index contributed by atoms with van der Waals surface area (Å²) in [6, 6.07) is 7.31. The van der Waals surface area contributed by atoms with Crippen LogP contribution in [0.15, 0.2) is 39.2 Å². The van der Waals surface area contributed by atoms with E-state index in [2.05, 4.69) is 15.9 Å². The van der Waals surface area contributed by atoms with E-state index in [-0.39, 0.29) is 11.3 Å². The maximum absolute atomic E-state index is 12.2. The molecule has 0 unspecified atom stereocenters. The fourth-order valence-electron chi connectivity index (χ4n) is 1.54. The Morgan fingerprint density at radius 1 is 1.37 bits per heavy atom. The molecular formula is C12H8BrNO5. The molecule has 0 aliphatic heterocycles. The molecule has 0 bridgehead atoms. The van der Waals surface area contributed by atoms with E-state index < -0.39 is 16.6 Å². The third-order valence-corrected chi connectivity index (χ3v) is 2.89. The first-order valence-electron chi connectivity index (χ1n) is 5.15. The number of benzene rings is 1. The van der Waals surface area contributed by atoms with Crippen LogP contribution in [0, 0.1) is 10.1 Å². The molecule has 0 spiro atoms. The first-order chi connectivity index (χ1) is 9.02. The number of hydrogen-bond acceptors (Lipinski definition) is 5. The van der Waals surface area contributed by atoms with Crippen LogP contribution in [-0.4, -0.2) is 17.8 Å². The lowest BCUT2D eigenvalue weighted by molar-refractivity contribution is -0.402. The van der Waals surface area contributed by atoms with Crippen LogP contribution >= 0.6 is 15.9 Å². The fourth-order valence-corrected chi connectivity index (χ4v) is 1.90. The van der Waals surface area contributed by atoms with Crippen LogP contribution in [-0.2, 0) is 0 Å². The Labute approximate surface area is 116 Å². The largest absolute Gasteiger partial charge is 0.496 e. The summed E-state index contributed by atoms with van der Waals surface area (Å²) in [7, 11) is 1.44. The number of carbonyl (C=O) groups excluding carboxylic acids is 1. The van der Waals surface area contributed by atoms with Gasteiger partial charge in [-0.2, -0.15) is 0 Å². The maximum Gasteiger partial charge on any atom is 0.433 e. The lowest BCUT2D eigenvalue weighted by Crippen LogP contribution is -2.02. The molecule has 1 aromatic carbocycles. The van der Waals surface area contributed by atoms with Crippen LogP contribution in [0.4, 0.5) is 5.88 Å². The molecule has 0 amide bonds. The highest BCUT2D eigenvalue weighted by Gasteiger charge is 2.21. The molecule has 2 rings (SSSR count). The third-order valence-electron chi connectivity index (χ3n) is 2.40. The number of nitrogens with zero attached hydrogens (tertiary/aromatic N) is 1. The molecule has 2 aromatic rings. The van der Waals surface area contributed by atoms with Gasteiger partial charge < -0.3 is 9.15 Å². The van der Waals surface area contributed by atoms with Crippen molar-refractivity contribution in [2.24, 2.45) is 0 Å². The van der Waals surface area contributed by atoms with Crippen molar-refractivity contribution in [2.75, 3.05) is 7.11 Å². The van der Waals surface area contributed by atoms with Gasteiger partial charge in [-0.25, -0.2) is 0 Å². The minimum absolute atomic E-state index is 0.108. The number of hydrogen-bond donors (Lipinski definition) is 0. The quantitative estimate of drug-likeness (QED) is 0.489. The lowest BCUT2D eigenvalue weighted by atomic mass is 10.1. The molecule has 0 aliphatic carbocycles. The van der Waals surface area contributed by atoms with Gasteiger partial charge in [0, 0.05) is 4.47 Å². The summed E-state index contributed by atoms with van der Waals surface area (Å²) in [6.07, 6.45) is 0. The van der Waals surface area contributed by atoms with Gasteiger partial charge in [-0.1, -0.05) is 15.9 Å². The van der Waals surface area contributed by atoms with E-state index in [4.69, 9.17) is 9.15 Å². The van der Waals surface area contributed by atoms with Gasteiger partial charge in [0.15, 0.2) is 5.76 Å². The van der Waals surface area contributed by atoms with Gasteiger partial charge in [0.2, 0.25) is 5.78 Å². The van der Waals surface area contributed by atoms with Crippen molar-refractivity contribution in [3.05, 3.63) is 56.2 Å². The van der Waals surface area contributed by atoms with E-state index in [1.165, 1.54) is 13.2 Å². The molecule has 7 heteroatoms. The van der Waals surface area contributed by atoms with Gasteiger partial charge in [-0.3, -0.25) is 14.9 Å². The molecule has 98 valence electrons. The highest BCUT2D eigenvalue weighted by molar-refractivity contribution is 9.10. The van der Waals surface area contributed by atoms with Crippen LogP contribution in [0.25, 0.3) is 0 Å². The van der Waals surface area contributed by atoms with Gasteiger partial charge in [0.25, 0.3) is 0 Å². The molecule has 6 nitrogen and oxygen atoms in total. The van der Waals surface area contributed by atoms with E-state index in [0.717, 1.165) is 6.07 Å². The zero-order valence-corrected chi connectivity index (χ0v) is 11.3. The SMILES string of the molecule is COc1ccc(Br)cc1C(=O)c1ccc([N+](=O)[O-])o1. The van der Waals surface area contributed by atoms with E-state index in [1.54, 1.807) is 18.2 Å². The van der Waals surface area contributed by atoms with Gasteiger partial charge in [0.1, 0.15) is 10.7 Å². The molecule has 0 saturated carbocycles. The molecule has 0 aliphatic rings. The second-order valence-corrected chi connectivity index (χ2v) is 4.48. The zero-order chi connectivity index (χ0) is 14.0. The highest BCUT2D eigenvalue weighted by Crippen LogP contribution is 2.27. The summed E-state index contributed by atoms with van der Waals surface area (Å²) in [5, 5.41) is 10.5. The predicted octanol–water partition coefficient (Wildman–Crippen LogP) is 3.19. The smallest absolute Gasteiger partial charge is 0.433 e. The Kier molecular flexibility index (Phi) is 3.66. The number of furan rings is 1. The van der Waals surface area contributed by atoms with E-state index in [0.29, 0.717) is 10.2 Å². The third kappa shape index (κ3) is 2.65. The Hall–Kier alpha value is -2.15. The first-order valence-corrected chi connectivity index (χ1v) is 5.94. The molecule has 0 saturated heterocycles. The molecule has 0 fully saturated rings. The Morgan fingerprint density at radius 2 is 2.11 bits per heavy atom. The number of nitro groups is 1. The monoisotopic (exact) mass is 325 g/mol. The van der Waals surface area contributed by atoms with Gasteiger partial charge >= 0.3 is 5.88 Å². The maximum atomic E-state index is 12.2. The summed E-state index contributed by atoms with van der Waals surface area (Å²) >= 11 is 3.25. The van der Waals surface area contributed by atoms with E-state index in [9.17, 15) is 14.9 Å². The van der Waals surface area contributed by atoms with Gasteiger partial charge in [-0.15, -0.1) is 0 Å². The number of ether oxygens (including phenoxy) is 1. The lowest BCUT2D eigenvalue weighted by Gasteiger charge is -2.06. The Morgan fingerprint density at radius 3 is 2.68 bits per heavy atom. The molecular weight excluding hydrogens is 318 g/mol. The van der Waals surface area contributed by atoms with Gasteiger partial charge in [-0.05, 0) is 24.3 Å². The van der Waals surface area contributed by atoms with E-state index in [1.807, 2.05) is 0 Å². The van der Waals surface area contributed by atoms with Crippen LogP contribution in [0.5, 0.6) is 5.75 Å². The summed E-state index contributed by atoms with van der Waals surface area (Å²) in [5.41, 5.74) is 0.265. The topological polar surface area (TPSA) is 82.6 Å². The predicted molar refractivity (Wildman–Crippen MR) is 69.5 cm³/mol. The molecule has 1 aromatic heterocycles. The van der Waals surface area contributed by atoms with Crippen molar-refractivity contribution >= 4 is 27.6 Å².